The number of nitrogens with zero attached hydrogens (tertiary/aromatic N) is 1. The lowest BCUT2D eigenvalue weighted by Crippen LogP contribution is -2.42. The van der Waals surface area contributed by atoms with Crippen LogP contribution in [-0.2, 0) is 21.4 Å². The van der Waals surface area contributed by atoms with Gasteiger partial charge in [-0.2, -0.15) is 4.31 Å². The predicted octanol–water partition coefficient (Wildman–Crippen LogP) is 4.47. The summed E-state index contributed by atoms with van der Waals surface area (Å²) >= 11 is 15.2. The molecule has 0 aliphatic carbocycles. The molecule has 1 amide bonds. The van der Waals surface area contributed by atoms with E-state index in [-0.39, 0.29) is 29.9 Å². The van der Waals surface area contributed by atoms with Gasteiger partial charge in [0.1, 0.15) is 0 Å². The van der Waals surface area contributed by atoms with Crippen LogP contribution in [0.1, 0.15) is 19.4 Å². The van der Waals surface area contributed by atoms with Crippen LogP contribution in [0.25, 0.3) is 0 Å². The van der Waals surface area contributed by atoms with Crippen molar-refractivity contribution in [3.63, 3.8) is 0 Å². The highest BCUT2D eigenvalue weighted by Gasteiger charge is 2.27. The van der Waals surface area contributed by atoms with Gasteiger partial charge in [-0.05, 0) is 55.8 Å². The molecule has 0 bridgehead atoms. The minimum absolute atomic E-state index is 0.0131. The van der Waals surface area contributed by atoms with Crippen LogP contribution in [0.2, 0.25) is 10.0 Å². The van der Waals surface area contributed by atoms with Crippen LogP contribution < -0.4 is 5.32 Å². The van der Waals surface area contributed by atoms with Gasteiger partial charge in [-0.1, -0.05) is 45.2 Å². The Labute approximate surface area is 177 Å². The Morgan fingerprint density at radius 3 is 2.30 bits per heavy atom. The third kappa shape index (κ3) is 6.19. The summed E-state index contributed by atoms with van der Waals surface area (Å²) in [6.45, 7) is 3.30. The van der Waals surface area contributed by atoms with Crippen LogP contribution in [-0.4, -0.2) is 31.2 Å². The molecule has 146 valence electrons. The molecule has 2 rings (SSSR count). The van der Waals surface area contributed by atoms with E-state index in [1.54, 1.807) is 30.3 Å². The number of amides is 1. The summed E-state index contributed by atoms with van der Waals surface area (Å²) in [5.41, 5.74) is 0.627. The fourth-order valence-electron chi connectivity index (χ4n) is 2.35. The van der Waals surface area contributed by atoms with Crippen molar-refractivity contribution in [3.8, 4) is 0 Å². The molecule has 0 aromatic heterocycles. The van der Waals surface area contributed by atoms with Crippen molar-refractivity contribution in [1.29, 1.82) is 0 Å². The minimum atomic E-state index is -3.89. The normalized spacial score (nSPS) is 11.8. The molecule has 2 aromatic rings. The summed E-state index contributed by atoms with van der Waals surface area (Å²) in [6.07, 6.45) is 0. The molecular formula is C18H19BrCl2N2O3S. The SMILES string of the molecule is CC(C)NC(=O)CN(Cc1ccc(Cl)c(Cl)c1)S(=O)(=O)c1ccc(Br)cc1. The molecule has 9 heteroatoms. The van der Waals surface area contributed by atoms with E-state index in [0.717, 1.165) is 8.78 Å². The first kappa shape index (κ1) is 22.2. The van der Waals surface area contributed by atoms with Gasteiger partial charge in [0.05, 0.1) is 21.5 Å². The highest BCUT2D eigenvalue weighted by molar-refractivity contribution is 9.10. The van der Waals surface area contributed by atoms with Crippen LogP contribution in [0.15, 0.2) is 51.8 Å². The maximum absolute atomic E-state index is 13.1. The first-order valence-electron chi connectivity index (χ1n) is 8.08. The van der Waals surface area contributed by atoms with Crippen LogP contribution >= 0.6 is 39.1 Å². The van der Waals surface area contributed by atoms with Gasteiger partial charge in [-0.15, -0.1) is 0 Å². The molecule has 2 aromatic carbocycles. The van der Waals surface area contributed by atoms with Crippen LogP contribution in [0, 0.1) is 0 Å². The number of hydrogen-bond donors (Lipinski definition) is 1. The van der Waals surface area contributed by atoms with E-state index < -0.39 is 10.0 Å². The van der Waals surface area contributed by atoms with Crippen molar-refractivity contribution in [2.45, 2.75) is 31.3 Å². The smallest absolute Gasteiger partial charge is 0.243 e. The average molecular weight is 494 g/mol. The van der Waals surface area contributed by atoms with E-state index in [1.165, 1.54) is 12.1 Å². The van der Waals surface area contributed by atoms with E-state index in [0.29, 0.717) is 15.6 Å². The Balaban J connectivity index is 2.37. The fourth-order valence-corrected chi connectivity index (χ4v) is 4.32. The summed E-state index contributed by atoms with van der Waals surface area (Å²) in [5, 5.41) is 3.41. The molecule has 1 N–H and O–H groups in total. The number of benzene rings is 2. The van der Waals surface area contributed by atoms with Crippen molar-refractivity contribution in [2.75, 3.05) is 6.54 Å². The zero-order chi connectivity index (χ0) is 20.2. The summed E-state index contributed by atoms with van der Waals surface area (Å²) in [6, 6.07) is 11.0. The Kier molecular flexibility index (Phi) is 7.71. The molecule has 0 saturated carbocycles. The van der Waals surface area contributed by atoms with E-state index in [1.807, 2.05) is 13.8 Å². The maximum atomic E-state index is 13.1. The molecule has 0 atom stereocenters. The number of nitrogens with one attached hydrogen (secondary N) is 1. The molecule has 5 nitrogen and oxygen atoms in total. The molecule has 0 fully saturated rings. The third-order valence-electron chi connectivity index (χ3n) is 3.56. The third-order valence-corrected chi connectivity index (χ3v) is 6.64. The molecular weight excluding hydrogens is 475 g/mol. The Morgan fingerprint density at radius 1 is 1.11 bits per heavy atom. The van der Waals surface area contributed by atoms with E-state index >= 15 is 0 Å². The highest BCUT2D eigenvalue weighted by Crippen LogP contribution is 2.25. The topological polar surface area (TPSA) is 66.5 Å². The quantitative estimate of drug-likeness (QED) is 0.618. The van der Waals surface area contributed by atoms with E-state index in [9.17, 15) is 13.2 Å². The minimum Gasteiger partial charge on any atom is -0.353 e. The maximum Gasteiger partial charge on any atom is 0.243 e. The molecule has 0 spiro atoms. The Morgan fingerprint density at radius 2 is 1.74 bits per heavy atom. The lowest BCUT2D eigenvalue weighted by Gasteiger charge is -2.23. The number of halogens is 3. The molecule has 0 unspecified atom stereocenters. The Hall–Kier alpha value is -1.12. The lowest BCUT2D eigenvalue weighted by molar-refractivity contribution is -0.121. The average Bonchev–Trinajstić information content (AvgIpc) is 2.57. The number of carbonyl (C=O) groups excluding carboxylic acids is 1. The number of sulfonamides is 1. The van der Waals surface area contributed by atoms with Crippen LogP contribution in [0.3, 0.4) is 0 Å². The zero-order valence-corrected chi connectivity index (χ0v) is 18.7. The van der Waals surface area contributed by atoms with Gasteiger partial charge in [0.2, 0.25) is 15.9 Å². The first-order valence-corrected chi connectivity index (χ1v) is 11.1. The Bertz CT molecular complexity index is 919. The van der Waals surface area contributed by atoms with Crippen LogP contribution in [0.5, 0.6) is 0 Å². The van der Waals surface area contributed by atoms with Gasteiger partial charge in [-0.3, -0.25) is 4.79 Å². The zero-order valence-electron chi connectivity index (χ0n) is 14.7. The molecule has 0 heterocycles. The van der Waals surface area contributed by atoms with Gasteiger partial charge in [0.15, 0.2) is 0 Å². The second kappa shape index (κ2) is 9.39. The standard InChI is InChI=1S/C18H19BrCl2N2O3S/c1-12(2)22-18(24)11-23(10-13-3-8-16(20)17(21)9-13)27(25,26)15-6-4-14(19)5-7-15/h3-9,12H,10-11H2,1-2H3,(H,22,24). The second-order valence-corrected chi connectivity index (χ2v) is 9.87. The highest BCUT2D eigenvalue weighted by atomic mass is 79.9. The molecule has 0 radical (unpaired) electrons. The fraction of sp³-hybridized carbons (Fsp3) is 0.278. The van der Waals surface area contributed by atoms with Gasteiger partial charge < -0.3 is 5.32 Å². The van der Waals surface area contributed by atoms with Crippen molar-refractivity contribution in [1.82, 2.24) is 9.62 Å². The molecule has 0 aliphatic rings. The monoisotopic (exact) mass is 492 g/mol. The van der Waals surface area contributed by atoms with Crippen molar-refractivity contribution < 1.29 is 13.2 Å². The van der Waals surface area contributed by atoms with Gasteiger partial charge in [0.25, 0.3) is 0 Å². The number of hydrogen-bond acceptors (Lipinski definition) is 3. The van der Waals surface area contributed by atoms with Crippen molar-refractivity contribution >= 4 is 55.1 Å². The second-order valence-electron chi connectivity index (χ2n) is 6.20. The summed E-state index contributed by atoms with van der Waals surface area (Å²) in [7, 11) is -3.89. The predicted molar refractivity (Wildman–Crippen MR) is 111 cm³/mol. The van der Waals surface area contributed by atoms with Gasteiger partial charge in [-0.25, -0.2) is 8.42 Å². The largest absolute Gasteiger partial charge is 0.353 e. The molecule has 27 heavy (non-hydrogen) atoms. The van der Waals surface area contributed by atoms with Crippen LogP contribution in [0.4, 0.5) is 0 Å². The van der Waals surface area contributed by atoms with Gasteiger partial charge in [0, 0.05) is 17.1 Å². The molecule has 0 aliphatic heterocycles. The van der Waals surface area contributed by atoms with Crippen molar-refractivity contribution in [2.24, 2.45) is 0 Å². The lowest BCUT2D eigenvalue weighted by atomic mass is 10.2. The number of carbonyl (C=O) groups is 1. The van der Waals surface area contributed by atoms with Crippen molar-refractivity contribution in [3.05, 3.63) is 62.5 Å². The summed E-state index contributed by atoms with van der Waals surface area (Å²) < 4.78 is 28.1. The first-order chi connectivity index (χ1) is 12.6. The van der Waals surface area contributed by atoms with E-state index in [4.69, 9.17) is 23.2 Å². The summed E-state index contributed by atoms with van der Waals surface area (Å²) in [5.74, 6) is -0.384. The molecule has 0 saturated heterocycles. The summed E-state index contributed by atoms with van der Waals surface area (Å²) in [4.78, 5) is 12.3. The van der Waals surface area contributed by atoms with E-state index in [2.05, 4.69) is 21.2 Å². The number of rotatable bonds is 7. The van der Waals surface area contributed by atoms with Gasteiger partial charge >= 0.3 is 0 Å².